The molecule has 0 saturated carbocycles. The molecule has 5 nitrogen and oxygen atoms in total. The lowest BCUT2D eigenvalue weighted by Crippen LogP contribution is -2.48. The number of hydrogen-bond acceptors (Lipinski definition) is 3. The zero-order valence-electron chi connectivity index (χ0n) is 14.7. The monoisotopic (exact) mass is 360 g/mol. The van der Waals surface area contributed by atoms with Crippen LogP contribution in [0, 0.1) is 13.8 Å². The molecule has 3 heterocycles. The summed E-state index contributed by atoms with van der Waals surface area (Å²) in [6.07, 6.45) is 4.58. The van der Waals surface area contributed by atoms with Crippen molar-refractivity contribution in [1.29, 1.82) is 0 Å². The minimum atomic E-state index is 0. The number of nitrogens with zero attached hydrogens (tertiary/aromatic N) is 2. The fraction of sp³-hybridized carbons (Fsp3) is 0.474. The van der Waals surface area contributed by atoms with Gasteiger partial charge in [-0.25, -0.2) is 4.68 Å². The molecule has 1 aromatic heterocycles. The van der Waals surface area contributed by atoms with Gasteiger partial charge in [0.25, 0.3) is 5.91 Å². The largest absolute Gasteiger partial charge is 0.349 e. The molecule has 2 bridgehead atoms. The molecule has 25 heavy (non-hydrogen) atoms. The summed E-state index contributed by atoms with van der Waals surface area (Å²) in [6.45, 7) is 4.02. The molecular formula is C19H25ClN4O. The number of rotatable bonds is 3. The first kappa shape index (κ1) is 18.0. The van der Waals surface area contributed by atoms with Crippen LogP contribution in [0.2, 0.25) is 0 Å². The van der Waals surface area contributed by atoms with Crippen LogP contribution in [0.1, 0.15) is 47.4 Å². The smallest absolute Gasteiger partial charge is 0.251 e. The Kier molecular flexibility index (Phi) is 5.16. The van der Waals surface area contributed by atoms with Gasteiger partial charge in [-0.05, 0) is 69.9 Å². The minimum absolute atomic E-state index is 0. The number of benzene rings is 1. The number of carbonyl (C=O) groups excluding carboxylic acids is 1. The van der Waals surface area contributed by atoms with Gasteiger partial charge in [0.15, 0.2) is 0 Å². The molecular weight excluding hydrogens is 336 g/mol. The summed E-state index contributed by atoms with van der Waals surface area (Å²) < 4.78 is 1.90. The molecule has 1 amide bonds. The molecule has 2 aliphatic rings. The van der Waals surface area contributed by atoms with Crippen molar-refractivity contribution in [2.75, 3.05) is 0 Å². The molecule has 2 atom stereocenters. The van der Waals surface area contributed by atoms with Crippen molar-refractivity contribution in [3.63, 3.8) is 0 Å². The van der Waals surface area contributed by atoms with Crippen molar-refractivity contribution in [2.24, 2.45) is 0 Å². The Morgan fingerprint density at radius 1 is 1.16 bits per heavy atom. The molecule has 2 aliphatic heterocycles. The van der Waals surface area contributed by atoms with Gasteiger partial charge in [-0.3, -0.25) is 4.79 Å². The topological polar surface area (TPSA) is 59.0 Å². The quantitative estimate of drug-likeness (QED) is 0.884. The first-order valence-corrected chi connectivity index (χ1v) is 8.79. The molecule has 134 valence electrons. The zero-order valence-corrected chi connectivity index (χ0v) is 15.5. The summed E-state index contributed by atoms with van der Waals surface area (Å²) in [6, 6.07) is 11.2. The van der Waals surface area contributed by atoms with Crippen LogP contribution >= 0.6 is 12.4 Å². The highest BCUT2D eigenvalue weighted by molar-refractivity contribution is 5.94. The third-order valence-electron chi connectivity index (χ3n) is 5.19. The van der Waals surface area contributed by atoms with Crippen LogP contribution < -0.4 is 10.6 Å². The van der Waals surface area contributed by atoms with E-state index in [0.29, 0.717) is 23.7 Å². The van der Waals surface area contributed by atoms with Gasteiger partial charge >= 0.3 is 0 Å². The number of hydrogen-bond donors (Lipinski definition) is 2. The van der Waals surface area contributed by atoms with E-state index in [1.807, 2.05) is 48.9 Å². The maximum Gasteiger partial charge on any atom is 0.251 e. The van der Waals surface area contributed by atoms with E-state index in [-0.39, 0.29) is 18.3 Å². The van der Waals surface area contributed by atoms with Crippen LogP contribution in [0.3, 0.4) is 0 Å². The number of piperidine rings is 1. The van der Waals surface area contributed by atoms with Crippen LogP contribution in [0.4, 0.5) is 0 Å². The van der Waals surface area contributed by atoms with Crippen molar-refractivity contribution >= 4 is 18.3 Å². The Hall–Kier alpha value is -1.85. The van der Waals surface area contributed by atoms with Gasteiger partial charge in [0.2, 0.25) is 0 Å². The second-order valence-corrected chi connectivity index (χ2v) is 7.17. The lowest BCUT2D eigenvalue weighted by Gasteiger charge is -2.29. The molecule has 2 N–H and O–H groups in total. The normalized spacial score (nSPS) is 24.6. The summed E-state index contributed by atoms with van der Waals surface area (Å²) in [5.41, 5.74) is 3.79. The first-order valence-electron chi connectivity index (χ1n) is 8.79. The number of aromatic nitrogens is 2. The highest BCUT2D eigenvalue weighted by Crippen LogP contribution is 2.27. The van der Waals surface area contributed by atoms with Gasteiger partial charge in [0, 0.05) is 29.4 Å². The molecule has 1 aromatic carbocycles. The summed E-state index contributed by atoms with van der Waals surface area (Å²) in [4.78, 5) is 12.5. The molecule has 0 spiro atoms. The number of halogens is 1. The standard InChI is InChI=1S/C19H24N4O.ClH/c1-12-9-13(2)23(22-12)18-7-3-14(4-8-18)19(24)21-17-10-15-5-6-16(11-17)20-15;/h3-4,7-9,15-17,20H,5-6,10-11H2,1-2H3,(H,21,24);1H. The Labute approximate surface area is 154 Å². The van der Waals surface area contributed by atoms with Gasteiger partial charge in [-0.2, -0.15) is 5.10 Å². The van der Waals surface area contributed by atoms with Crippen molar-refractivity contribution in [3.05, 3.63) is 47.3 Å². The van der Waals surface area contributed by atoms with Crippen LogP contribution in [0.25, 0.3) is 5.69 Å². The van der Waals surface area contributed by atoms with E-state index in [0.717, 1.165) is 29.9 Å². The van der Waals surface area contributed by atoms with Crippen molar-refractivity contribution in [2.45, 2.75) is 57.7 Å². The van der Waals surface area contributed by atoms with E-state index < -0.39 is 0 Å². The van der Waals surface area contributed by atoms with Crippen LogP contribution in [0.5, 0.6) is 0 Å². The second-order valence-electron chi connectivity index (χ2n) is 7.17. The van der Waals surface area contributed by atoms with Gasteiger partial charge < -0.3 is 10.6 Å². The van der Waals surface area contributed by atoms with Crippen LogP contribution in [-0.2, 0) is 0 Å². The van der Waals surface area contributed by atoms with E-state index in [1.165, 1.54) is 12.8 Å². The lowest BCUT2D eigenvalue weighted by molar-refractivity contribution is 0.0924. The van der Waals surface area contributed by atoms with Crippen molar-refractivity contribution in [3.8, 4) is 5.69 Å². The predicted molar refractivity (Wildman–Crippen MR) is 101 cm³/mol. The number of nitrogens with one attached hydrogen (secondary N) is 2. The van der Waals surface area contributed by atoms with Gasteiger partial charge in [-0.15, -0.1) is 12.4 Å². The second kappa shape index (κ2) is 7.18. The Balaban J connectivity index is 0.00000182. The van der Waals surface area contributed by atoms with Crippen molar-refractivity contribution in [1.82, 2.24) is 20.4 Å². The molecule has 2 unspecified atom stereocenters. The molecule has 2 aromatic rings. The third-order valence-corrected chi connectivity index (χ3v) is 5.19. The molecule has 2 saturated heterocycles. The zero-order chi connectivity index (χ0) is 16.7. The Morgan fingerprint density at radius 3 is 2.36 bits per heavy atom. The highest BCUT2D eigenvalue weighted by atomic mass is 35.5. The summed E-state index contributed by atoms with van der Waals surface area (Å²) in [7, 11) is 0. The molecule has 4 rings (SSSR count). The number of amides is 1. The lowest BCUT2D eigenvalue weighted by atomic mass is 9.99. The highest BCUT2D eigenvalue weighted by Gasteiger charge is 2.34. The fourth-order valence-electron chi connectivity index (χ4n) is 4.09. The van der Waals surface area contributed by atoms with Crippen molar-refractivity contribution < 1.29 is 4.79 Å². The first-order chi connectivity index (χ1) is 11.6. The molecule has 0 radical (unpaired) electrons. The maximum atomic E-state index is 12.5. The molecule has 6 heteroatoms. The predicted octanol–water partition coefficient (Wildman–Crippen LogP) is 2.92. The third kappa shape index (κ3) is 3.72. The molecule has 0 aliphatic carbocycles. The fourth-order valence-corrected chi connectivity index (χ4v) is 4.09. The van der Waals surface area contributed by atoms with Gasteiger partial charge in [0.05, 0.1) is 11.4 Å². The van der Waals surface area contributed by atoms with E-state index in [9.17, 15) is 4.79 Å². The SMILES string of the molecule is Cc1cc(C)n(-c2ccc(C(=O)NC3CC4CCC(C3)N4)cc2)n1.Cl. The number of aryl methyl sites for hydroxylation is 2. The average Bonchev–Trinajstić information content (AvgIpc) is 3.08. The maximum absolute atomic E-state index is 12.5. The van der Waals surface area contributed by atoms with Gasteiger partial charge in [-0.1, -0.05) is 0 Å². The van der Waals surface area contributed by atoms with Gasteiger partial charge in [0.1, 0.15) is 0 Å². The number of carbonyl (C=O) groups is 1. The minimum Gasteiger partial charge on any atom is -0.349 e. The van der Waals surface area contributed by atoms with Crippen LogP contribution in [-0.4, -0.2) is 33.8 Å². The van der Waals surface area contributed by atoms with E-state index in [2.05, 4.69) is 15.7 Å². The van der Waals surface area contributed by atoms with E-state index in [4.69, 9.17) is 0 Å². The van der Waals surface area contributed by atoms with Crippen LogP contribution in [0.15, 0.2) is 30.3 Å². The molecule has 2 fully saturated rings. The summed E-state index contributed by atoms with van der Waals surface area (Å²) >= 11 is 0. The summed E-state index contributed by atoms with van der Waals surface area (Å²) in [5.74, 6) is 0.0289. The average molecular weight is 361 g/mol. The summed E-state index contributed by atoms with van der Waals surface area (Å²) in [5, 5.41) is 11.3. The Morgan fingerprint density at radius 2 is 1.80 bits per heavy atom. The van der Waals surface area contributed by atoms with E-state index >= 15 is 0 Å². The Bertz CT molecular complexity index is 743. The van der Waals surface area contributed by atoms with E-state index in [1.54, 1.807) is 0 Å². The number of fused-ring (bicyclic) bond motifs is 2.